The molecule has 0 bridgehead atoms. The second-order valence-corrected chi connectivity index (χ2v) is 6.59. The Bertz CT molecular complexity index is 759. The number of likely N-dealkylation sites (tertiary alicyclic amines) is 1. The standard InChI is InChI=1S/C19H20N2O4/c22-17-12-25-19(14-21(17)15-6-2-1-3-7-15)9-5-10-20(13-19)18(23)16-8-4-11-24-16/h1-4,6-8,11H,5,9-10,12-14H2. The van der Waals surface area contributed by atoms with Crippen molar-refractivity contribution in [2.24, 2.45) is 0 Å². The summed E-state index contributed by atoms with van der Waals surface area (Å²) < 4.78 is 11.2. The topological polar surface area (TPSA) is 63.0 Å². The molecule has 3 heterocycles. The number of furan rings is 1. The van der Waals surface area contributed by atoms with Gasteiger partial charge in [-0.3, -0.25) is 9.59 Å². The van der Waals surface area contributed by atoms with Crippen LogP contribution in [0.15, 0.2) is 53.1 Å². The molecule has 1 atom stereocenters. The van der Waals surface area contributed by atoms with Crippen molar-refractivity contribution in [2.45, 2.75) is 18.4 Å². The Labute approximate surface area is 146 Å². The Balaban J connectivity index is 1.54. The fourth-order valence-electron chi connectivity index (χ4n) is 3.63. The average Bonchev–Trinajstić information content (AvgIpc) is 3.19. The molecule has 6 nitrogen and oxygen atoms in total. The molecule has 2 aromatic rings. The Morgan fingerprint density at radius 3 is 2.68 bits per heavy atom. The molecule has 2 amide bonds. The van der Waals surface area contributed by atoms with Crippen LogP contribution in [-0.2, 0) is 9.53 Å². The normalized spacial score (nSPS) is 23.9. The Kier molecular flexibility index (Phi) is 4.05. The van der Waals surface area contributed by atoms with Crippen molar-refractivity contribution >= 4 is 17.5 Å². The van der Waals surface area contributed by atoms with Crippen LogP contribution in [0.1, 0.15) is 23.4 Å². The Morgan fingerprint density at radius 2 is 1.92 bits per heavy atom. The zero-order valence-electron chi connectivity index (χ0n) is 13.9. The molecule has 2 fully saturated rings. The number of anilines is 1. The van der Waals surface area contributed by atoms with E-state index in [-0.39, 0.29) is 18.4 Å². The van der Waals surface area contributed by atoms with Gasteiger partial charge in [-0.25, -0.2) is 0 Å². The number of morpholine rings is 1. The first-order valence-electron chi connectivity index (χ1n) is 8.49. The minimum atomic E-state index is -0.524. The van der Waals surface area contributed by atoms with E-state index >= 15 is 0 Å². The zero-order valence-corrected chi connectivity index (χ0v) is 13.9. The molecule has 25 heavy (non-hydrogen) atoms. The van der Waals surface area contributed by atoms with E-state index in [1.54, 1.807) is 21.9 Å². The van der Waals surface area contributed by atoms with E-state index in [0.717, 1.165) is 18.5 Å². The van der Waals surface area contributed by atoms with Crippen LogP contribution in [0.5, 0.6) is 0 Å². The van der Waals surface area contributed by atoms with E-state index in [1.807, 2.05) is 30.3 Å². The average molecular weight is 340 g/mol. The maximum atomic E-state index is 12.6. The summed E-state index contributed by atoms with van der Waals surface area (Å²) in [5.41, 5.74) is 0.342. The van der Waals surface area contributed by atoms with Gasteiger partial charge in [-0.2, -0.15) is 0 Å². The first-order valence-corrected chi connectivity index (χ1v) is 8.49. The van der Waals surface area contributed by atoms with Crippen LogP contribution in [0.3, 0.4) is 0 Å². The zero-order chi connectivity index (χ0) is 17.3. The van der Waals surface area contributed by atoms with E-state index in [1.165, 1.54) is 6.26 Å². The van der Waals surface area contributed by atoms with Gasteiger partial charge in [0.25, 0.3) is 11.8 Å². The van der Waals surface area contributed by atoms with Gasteiger partial charge >= 0.3 is 0 Å². The van der Waals surface area contributed by atoms with Crippen LogP contribution in [0.25, 0.3) is 0 Å². The van der Waals surface area contributed by atoms with E-state index in [2.05, 4.69) is 0 Å². The summed E-state index contributed by atoms with van der Waals surface area (Å²) in [6.07, 6.45) is 3.16. The molecule has 6 heteroatoms. The molecule has 1 spiro atoms. The lowest BCUT2D eigenvalue weighted by Crippen LogP contribution is -2.62. The maximum absolute atomic E-state index is 12.6. The Hall–Kier alpha value is -2.60. The first kappa shape index (κ1) is 15.9. The predicted octanol–water partition coefficient (Wildman–Crippen LogP) is 2.32. The minimum Gasteiger partial charge on any atom is -0.459 e. The molecular weight excluding hydrogens is 320 g/mol. The van der Waals surface area contributed by atoms with Crippen LogP contribution in [0, 0.1) is 0 Å². The minimum absolute atomic E-state index is 0.0394. The molecule has 2 saturated heterocycles. The number of benzene rings is 1. The van der Waals surface area contributed by atoms with Crippen molar-refractivity contribution in [3.63, 3.8) is 0 Å². The second kappa shape index (κ2) is 6.37. The molecule has 2 aliphatic heterocycles. The third kappa shape index (κ3) is 3.05. The van der Waals surface area contributed by atoms with Gasteiger partial charge in [0.15, 0.2) is 5.76 Å². The highest BCUT2D eigenvalue weighted by atomic mass is 16.5. The summed E-state index contributed by atoms with van der Waals surface area (Å²) in [4.78, 5) is 28.5. The van der Waals surface area contributed by atoms with Crippen molar-refractivity contribution in [1.82, 2.24) is 4.90 Å². The molecule has 130 valence electrons. The highest BCUT2D eigenvalue weighted by molar-refractivity contribution is 5.95. The lowest BCUT2D eigenvalue weighted by atomic mass is 9.90. The van der Waals surface area contributed by atoms with Crippen molar-refractivity contribution in [3.8, 4) is 0 Å². The molecular formula is C19H20N2O4. The van der Waals surface area contributed by atoms with Gasteiger partial charge < -0.3 is 19.0 Å². The number of rotatable bonds is 2. The monoisotopic (exact) mass is 340 g/mol. The highest BCUT2D eigenvalue weighted by Gasteiger charge is 2.44. The molecule has 1 unspecified atom stereocenters. The quantitative estimate of drug-likeness (QED) is 0.842. The number of carbonyl (C=O) groups excluding carboxylic acids is 2. The summed E-state index contributed by atoms with van der Waals surface area (Å²) in [5.74, 6) is 0.158. The van der Waals surface area contributed by atoms with Crippen molar-refractivity contribution < 1.29 is 18.7 Å². The van der Waals surface area contributed by atoms with Crippen molar-refractivity contribution in [2.75, 3.05) is 31.1 Å². The van der Waals surface area contributed by atoms with Crippen LogP contribution in [0.2, 0.25) is 0 Å². The predicted molar refractivity (Wildman–Crippen MR) is 91.3 cm³/mol. The summed E-state index contributed by atoms with van der Waals surface area (Å²) in [6, 6.07) is 13.0. The number of hydrogen-bond acceptors (Lipinski definition) is 4. The smallest absolute Gasteiger partial charge is 0.289 e. The van der Waals surface area contributed by atoms with Crippen LogP contribution in [0.4, 0.5) is 5.69 Å². The fraction of sp³-hybridized carbons (Fsp3) is 0.368. The van der Waals surface area contributed by atoms with Crippen LogP contribution in [-0.4, -0.2) is 48.6 Å². The summed E-state index contributed by atoms with van der Waals surface area (Å²) >= 11 is 0. The van der Waals surface area contributed by atoms with E-state index in [4.69, 9.17) is 9.15 Å². The van der Waals surface area contributed by atoms with Gasteiger partial charge in [0, 0.05) is 12.2 Å². The lowest BCUT2D eigenvalue weighted by Gasteiger charge is -2.47. The lowest BCUT2D eigenvalue weighted by molar-refractivity contribution is -0.144. The number of carbonyl (C=O) groups is 2. The van der Waals surface area contributed by atoms with Gasteiger partial charge in [0.1, 0.15) is 12.2 Å². The first-order chi connectivity index (χ1) is 12.2. The van der Waals surface area contributed by atoms with E-state index in [0.29, 0.717) is 25.4 Å². The number of amides is 2. The van der Waals surface area contributed by atoms with Gasteiger partial charge in [-0.15, -0.1) is 0 Å². The maximum Gasteiger partial charge on any atom is 0.289 e. The molecule has 0 saturated carbocycles. The van der Waals surface area contributed by atoms with Crippen molar-refractivity contribution in [3.05, 3.63) is 54.5 Å². The number of hydrogen-bond donors (Lipinski definition) is 0. The fourth-order valence-corrected chi connectivity index (χ4v) is 3.63. The molecule has 0 N–H and O–H groups in total. The second-order valence-electron chi connectivity index (χ2n) is 6.59. The molecule has 0 aliphatic carbocycles. The largest absolute Gasteiger partial charge is 0.459 e. The summed E-state index contributed by atoms with van der Waals surface area (Å²) in [5, 5.41) is 0. The highest BCUT2D eigenvalue weighted by Crippen LogP contribution is 2.32. The summed E-state index contributed by atoms with van der Waals surface area (Å²) in [6.45, 7) is 1.63. The number of piperidine rings is 1. The van der Waals surface area contributed by atoms with Gasteiger partial charge in [-0.05, 0) is 37.1 Å². The van der Waals surface area contributed by atoms with Gasteiger partial charge in [0.2, 0.25) is 0 Å². The van der Waals surface area contributed by atoms with E-state index in [9.17, 15) is 9.59 Å². The number of ether oxygens (including phenoxy) is 1. The third-order valence-corrected chi connectivity index (χ3v) is 4.88. The molecule has 1 aromatic carbocycles. The van der Waals surface area contributed by atoms with Crippen LogP contribution < -0.4 is 4.90 Å². The SMILES string of the molecule is O=C(c1ccco1)N1CCCC2(C1)CN(c1ccccc1)C(=O)CO2. The van der Waals surface area contributed by atoms with Gasteiger partial charge in [0.05, 0.1) is 19.4 Å². The number of para-hydroxylation sites is 1. The molecule has 0 radical (unpaired) electrons. The van der Waals surface area contributed by atoms with Gasteiger partial charge in [-0.1, -0.05) is 18.2 Å². The van der Waals surface area contributed by atoms with E-state index < -0.39 is 5.60 Å². The summed E-state index contributed by atoms with van der Waals surface area (Å²) in [7, 11) is 0. The Morgan fingerprint density at radius 1 is 1.08 bits per heavy atom. The van der Waals surface area contributed by atoms with Crippen molar-refractivity contribution in [1.29, 1.82) is 0 Å². The molecule has 1 aromatic heterocycles. The molecule has 2 aliphatic rings. The molecule has 4 rings (SSSR count). The van der Waals surface area contributed by atoms with Crippen LogP contribution >= 0.6 is 0 Å². The third-order valence-electron chi connectivity index (χ3n) is 4.88. The number of nitrogens with zero attached hydrogens (tertiary/aromatic N) is 2.